The molecule has 21 heavy (non-hydrogen) atoms. The average Bonchev–Trinajstić information content (AvgIpc) is 2.78. The van der Waals surface area contributed by atoms with E-state index in [1.807, 2.05) is 18.2 Å². The molecule has 0 amide bonds. The van der Waals surface area contributed by atoms with Crippen molar-refractivity contribution in [3.63, 3.8) is 0 Å². The Morgan fingerprint density at radius 3 is 2.57 bits per heavy atom. The Hall–Kier alpha value is -1.07. The Morgan fingerprint density at radius 2 is 1.90 bits per heavy atom. The van der Waals surface area contributed by atoms with Crippen molar-refractivity contribution in [2.75, 3.05) is 36.7 Å². The van der Waals surface area contributed by atoms with E-state index in [9.17, 15) is 8.42 Å². The van der Waals surface area contributed by atoms with Gasteiger partial charge in [0.05, 0.1) is 11.9 Å². The molecular weight excluding hydrogens is 284 g/mol. The van der Waals surface area contributed by atoms with E-state index in [1.165, 1.54) is 11.8 Å². The van der Waals surface area contributed by atoms with E-state index < -0.39 is 10.0 Å². The van der Waals surface area contributed by atoms with Gasteiger partial charge in [-0.2, -0.15) is 0 Å². The molecule has 5 heteroatoms. The van der Waals surface area contributed by atoms with Gasteiger partial charge in [0.15, 0.2) is 0 Å². The molecule has 116 valence electrons. The van der Waals surface area contributed by atoms with Gasteiger partial charge in [0.1, 0.15) is 0 Å². The minimum Gasteiger partial charge on any atom is -0.302 e. The van der Waals surface area contributed by atoms with Crippen LogP contribution in [0.15, 0.2) is 24.3 Å². The first-order valence-corrected chi connectivity index (χ1v) is 9.50. The molecule has 0 radical (unpaired) electrons. The van der Waals surface area contributed by atoms with Gasteiger partial charge in [-0.15, -0.1) is 0 Å². The Morgan fingerprint density at radius 1 is 1.19 bits per heavy atom. The maximum atomic E-state index is 12.1. The molecule has 2 heterocycles. The molecule has 1 aromatic rings. The van der Waals surface area contributed by atoms with Gasteiger partial charge >= 0.3 is 0 Å². The van der Waals surface area contributed by atoms with E-state index in [2.05, 4.69) is 24.8 Å². The molecule has 0 saturated carbocycles. The molecule has 0 bridgehead atoms. The molecule has 1 saturated heterocycles. The summed E-state index contributed by atoms with van der Waals surface area (Å²) in [6.07, 6.45) is 1.31. The smallest absolute Gasteiger partial charge is 0.232 e. The van der Waals surface area contributed by atoms with Crippen molar-refractivity contribution >= 4 is 15.7 Å². The fraction of sp³-hybridized carbons (Fsp3) is 0.625. The van der Waals surface area contributed by atoms with Crippen LogP contribution in [0.5, 0.6) is 0 Å². The highest BCUT2D eigenvalue weighted by Crippen LogP contribution is 2.43. The summed E-state index contributed by atoms with van der Waals surface area (Å²) < 4.78 is 25.8. The van der Waals surface area contributed by atoms with Gasteiger partial charge in [0, 0.05) is 32.1 Å². The molecule has 4 nitrogen and oxygen atoms in total. The maximum absolute atomic E-state index is 12.1. The summed E-state index contributed by atoms with van der Waals surface area (Å²) in [6.45, 7) is 8.24. The topological polar surface area (TPSA) is 40.6 Å². The maximum Gasteiger partial charge on any atom is 0.232 e. The third-order valence-electron chi connectivity index (χ3n) is 4.55. The van der Waals surface area contributed by atoms with Crippen molar-refractivity contribution in [3.05, 3.63) is 29.8 Å². The van der Waals surface area contributed by atoms with Gasteiger partial charge in [-0.1, -0.05) is 32.0 Å². The molecule has 0 aromatic heterocycles. The van der Waals surface area contributed by atoms with E-state index in [0.717, 1.165) is 25.3 Å². The number of sulfonamides is 1. The first kappa shape index (κ1) is 14.9. The number of hydrogen-bond acceptors (Lipinski definition) is 3. The van der Waals surface area contributed by atoms with Gasteiger partial charge in [-0.25, -0.2) is 8.42 Å². The number of fused-ring (bicyclic) bond motifs is 3. The van der Waals surface area contributed by atoms with Gasteiger partial charge < -0.3 is 4.90 Å². The van der Waals surface area contributed by atoms with Crippen LogP contribution in [-0.2, 0) is 10.0 Å². The van der Waals surface area contributed by atoms with E-state index >= 15 is 0 Å². The molecule has 2 atom stereocenters. The molecule has 1 aromatic carbocycles. The summed E-state index contributed by atoms with van der Waals surface area (Å²) in [7, 11) is -3.20. The highest BCUT2D eigenvalue weighted by molar-refractivity contribution is 7.92. The van der Waals surface area contributed by atoms with Crippen molar-refractivity contribution in [1.29, 1.82) is 0 Å². The summed E-state index contributed by atoms with van der Waals surface area (Å²) >= 11 is 0. The number of rotatable bonds is 3. The number of benzene rings is 1. The minimum atomic E-state index is -3.20. The third kappa shape index (κ3) is 2.81. The second-order valence-corrected chi connectivity index (χ2v) is 8.74. The second-order valence-electron chi connectivity index (χ2n) is 6.83. The van der Waals surface area contributed by atoms with Crippen LogP contribution in [-0.4, -0.2) is 45.8 Å². The Bertz CT molecular complexity index is 627. The van der Waals surface area contributed by atoms with E-state index in [1.54, 1.807) is 4.31 Å². The second kappa shape index (κ2) is 5.29. The van der Waals surface area contributed by atoms with Crippen molar-refractivity contribution in [2.45, 2.75) is 19.8 Å². The first-order chi connectivity index (χ1) is 9.86. The lowest BCUT2D eigenvalue weighted by atomic mass is 9.85. The minimum absolute atomic E-state index is 0.411. The fourth-order valence-corrected chi connectivity index (χ4v) is 4.80. The Kier molecular flexibility index (Phi) is 3.74. The Balaban J connectivity index is 1.95. The van der Waals surface area contributed by atoms with Gasteiger partial charge in [0.25, 0.3) is 0 Å². The number of para-hydroxylation sites is 1. The summed E-state index contributed by atoms with van der Waals surface area (Å²) in [6, 6.07) is 7.99. The van der Waals surface area contributed by atoms with Crippen LogP contribution in [0.2, 0.25) is 0 Å². The first-order valence-electron chi connectivity index (χ1n) is 7.65. The quantitative estimate of drug-likeness (QED) is 0.859. The van der Waals surface area contributed by atoms with Crippen LogP contribution in [0.4, 0.5) is 5.69 Å². The lowest BCUT2D eigenvalue weighted by Crippen LogP contribution is -2.41. The molecule has 2 aliphatic rings. The van der Waals surface area contributed by atoms with Crippen molar-refractivity contribution in [3.8, 4) is 0 Å². The van der Waals surface area contributed by atoms with Gasteiger partial charge in [-0.05, 0) is 23.5 Å². The molecule has 2 aliphatic heterocycles. The van der Waals surface area contributed by atoms with Crippen LogP contribution >= 0.6 is 0 Å². The highest BCUT2D eigenvalue weighted by Gasteiger charge is 2.42. The number of hydrogen-bond donors (Lipinski definition) is 0. The van der Waals surface area contributed by atoms with Crippen molar-refractivity contribution in [2.24, 2.45) is 11.8 Å². The van der Waals surface area contributed by atoms with E-state index in [0.29, 0.717) is 24.3 Å². The molecule has 0 aliphatic carbocycles. The van der Waals surface area contributed by atoms with Crippen molar-refractivity contribution in [1.82, 2.24) is 4.90 Å². The summed E-state index contributed by atoms with van der Waals surface area (Å²) in [5.74, 6) is 1.53. The highest BCUT2D eigenvalue weighted by atomic mass is 32.2. The van der Waals surface area contributed by atoms with Crippen LogP contribution in [0, 0.1) is 11.8 Å². The largest absolute Gasteiger partial charge is 0.302 e. The van der Waals surface area contributed by atoms with Crippen LogP contribution in [0.25, 0.3) is 0 Å². The summed E-state index contributed by atoms with van der Waals surface area (Å²) in [5, 5.41) is 0. The molecule has 0 spiro atoms. The molecule has 3 rings (SSSR count). The zero-order valence-electron chi connectivity index (χ0n) is 13.0. The third-order valence-corrected chi connectivity index (χ3v) is 5.69. The number of nitrogens with zero attached hydrogens (tertiary/aromatic N) is 2. The number of anilines is 1. The van der Waals surface area contributed by atoms with Crippen molar-refractivity contribution < 1.29 is 8.42 Å². The van der Waals surface area contributed by atoms with Crippen LogP contribution in [0.1, 0.15) is 25.3 Å². The van der Waals surface area contributed by atoms with Gasteiger partial charge in [0.2, 0.25) is 10.0 Å². The molecule has 0 unspecified atom stereocenters. The standard InChI is InChI=1S/C16H24N2O2S/c1-12(2)8-17-9-13-10-18(21(3,19)20)16-7-5-4-6-14(16)15(13)11-17/h4-7,12-13,15H,8-11H2,1-3H3/t13-,15+/m1/s1. The molecule has 1 fully saturated rings. The van der Waals surface area contributed by atoms with Crippen LogP contribution in [0.3, 0.4) is 0 Å². The summed E-state index contributed by atoms with van der Waals surface area (Å²) in [5.41, 5.74) is 2.08. The molecule has 0 N–H and O–H groups in total. The zero-order valence-corrected chi connectivity index (χ0v) is 13.8. The average molecular weight is 308 g/mol. The Labute approximate surface area is 127 Å². The van der Waals surface area contributed by atoms with E-state index in [4.69, 9.17) is 0 Å². The lowest BCUT2D eigenvalue weighted by Gasteiger charge is -2.36. The predicted octanol–water partition coefficient (Wildman–Crippen LogP) is 2.14. The normalized spacial score (nSPS) is 26.0. The van der Waals surface area contributed by atoms with Gasteiger partial charge in [-0.3, -0.25) is 4.31 Å². The SMILES string of the molecule is CC(C)CN1C[C@@H]2CN(S(C)(=O)=O)c3ccccc3[C@H]2C1. The summed E-state index contributed by atoms with van der Waals surface area (Å²) in [4.78, 5) is 2.49. The number of likely N-dealkylation sites (tertiary alicyclic amines) is 1. The lowest BCUT2D eigenvalue weighted by molar-refractivity contribution is 0.287. The van der Waals surface area contributed by atoms with Crippen LogP contribution < -0.4 is 4.31 Å². The molecular formula is C16H24N2O2S. The zero-order chi connectivity index (χ0) is 15.2. The van der Waals surface area contributed by atoms with E-state index in [-0.39, 0.29) is 0 Å². The fourth-order valence-electron chi connectivity index (χ4n) is 3.82. The predicted molar refractivity (Wildman–Crippen MR) is 86.1 cm³/mol. The monoisotopic (exact) mass is 308 g/mol.